The summed E-state index contributed by atoms with van der Waals surface area (Å²) in [5.74, 6) is 7.43. The molecule has 1 aromatic rings. The summed E-state index contributed by atoms with van der Waals surface area (Å²) >= 11 is 1.49. The molecule has 0 radical (unpaired) electrons. The molecule has 0 aliphatic rings. The first-order valence-electron chi connectivity index (χ1n) is 6.41. The Kier molecular flexibility index (Phi) is 8.36. The quantitative estimate of drug-likeness (QED) is 0.471. The molecular weight excluding hydrogens is 274 g/mol. The second kappa shape index (κ2) is 10.2. The molecule has 1 rings (SSSR count). The van der Waals surface area contributed by atoms with Crippen molar-refractivity contribution < 1.29 is 14.3 Å². The van der Waals surface area contributed by atoms with Crippen LogP contribution in [-0.4, -0.2) is 37.2 Å². The minimum Gasteiger partial charge on any atom is -0.493 e. The molecule has 0 aliphatic carbocycles. The number of carbonyl (C=O) groups is 1. The van der Waals surface area contributed by atoms with Crippen molar-refractivity contribution in [3.05, 3.63) is 29.8 Å². The van der Waals surface area contributed by atoms with Gasteiger partial charge in [0.2, 0.25) is 0 Å². The fourth-order valence-corrected chi connectivity index (χ4v) is 1.99. The zero-order valence-electron chi connectivity index (χ0n) is 11.6. The number of hydrogen-bond donors (Lipinski definition) is 1. The van der Waals surface area contributed by atoms with Crippen molar-refractivity contribution in [3.63, 3.8) is 0 Å². The van der Waals surface area contributed by atoms with Gasteiger partial charge in [0.15, 0.2) is 0 Å². The highest BCUT2D eigenvalue weighted by Gasteiger charge is 2.01. The second-order valence-electron chi connectivity index (χ2n) is 3.74. The Morgan fingerprint density at radius 2 is 2.30 bits per heavy atom. The molecule has 108 valence electrons. The van der Waals surface area contributed by atoms with Gasteiger partial charge in [-0.05, 0) is 25.1 Å². The molecule has 5 heteroatoms. The molecule has 4 nitrogen and oxygen atoms in total. The van der Waals surface area contributed by atoms with Crippen LogP contribution in [0.15, 0.2) is 24.3 Å². The van der Waals surface area contributed by atoms with E-state index in [-0.39, 0.29) is 5.97 Å². The highest BCUT2D eigenvalue weighted by molar-refractivity contribution is 7.99. The van der Waals surface area contributed by atoms with Crippen molar-refractivity contribution >= 4 is 17.7 Å². The molecule has 1 aromatic carbocycles. The third-order valence-electron chi connectivity index (χ3n) is 2.19. The van der Waals surface area contributed by atoms with Crippen LogP contribution in [0.3, 0.4) is 0 Å². The number of esters is 1. The SMILES string of the molecule is CCOC(=O)CSCCOc1cccc(C#CCN)c1. The Morgan fingerprint density at radius 3 is 3.05 bits per heavy atom. The van der Waals surface area contributed by atoms with E-state index in [1.807, 2.05) is 24.3 Å². The molecular formula is C15H19NO3S. The van der Waals surface area contributed by atoms with Gasteiger partial charge < -0.3 is 15.2 Å². The zero-order chi connectivity index (χ0) is 14.6. The number of thioether (sulfide) groups is 1. The fourth-order valence-electron chi connectivity index (χ4n) is 1.39. The van der Waals surface area contributed by atoms with Crippen LogP contribution in [0.2, 0.25) is 0 Å². The standard InChI is InChI=1S/C15H19NO3S/c1-2-18-15(17)12-20-10-9-19-14-7-3-5-13(11-14)6-4-8-16/h3,5,7,11H,2,8-10,12,16H2,1H3. The average molecular weight is 293 g/mol. The van der Waals surface area contributed by atoms with E-state index >= 15 is 0 Å². The normalized spacial score (nSPS) is 9.50. The largest absolute Gasteiger partial charge is 0.493 e. The van der Waals surface area contributed by atoms with E-state index in [1.165, 1.54) is 11.8 Å². The van der Waals surface area contributed by atoms with Gasteiger partial charge in [-0.15, -0.1) is 11.8 Å². The van der Waals surface area contributed by atoms with Crippen LogP contribution in [0.5, 0.6) is 5.75 Å². The Hall–Kier alpha value is -1.64. The molecule has 20 heavy (non-hydrogen) atoms. The van der Waals surface area contributed by atoms with Crippen molar-refractivity contribution in [2.24, 2.45) is 5.73 Å². The number of carbonyl (C=O) groups excluding carboxylic acids is 1. The minimum atomic E-state index is -0.184. The highest BCUT2D eigenvalue weighted by Crippen LogP contribution is 2.13. The topological polar surface area (TPSA) is 61.5 Å². The lowest BCUT2D eigenvalue weighted by molar-refractivity contribution is -0.139. The first-order valence-corrected chi connectivity index (χ1v) is 7.57. The average Bonchev–Trinajstić information content (AvgIpc) is 2.45. The van der Waals surface area contributed by atoms with E-state index in [2.05, 4.69) is 11.8 Å². The lowest BCUT2D eigenvalue weighted by atomic mass is 10.2. The summed E-state index contributed by atoms with van der Waals surface area (Å²) < 4.78 is 10.4. The van der Waals surface area contributed by atoms with Gasteiger partial charge in [0, 0.05) is 11.3 Å². The van der Waals surface area contributed by atoms with Gasteiger partial charge in [0.05, 0.1) is 25.5 Å². The summed E-state index contributed by atoms with van der Waals surface area (Å²) in [6.45, 7) is 3.10. The lowest BCUT2D eigenvalue weighted by Gasteiger charge is -2.06. The third kappa shape index (κ3) is 7.07. The van der Waals surface area contributed by atoms with E-state index in [4.69, 9.17) is 15.2 Å². The van der Waals surface area contributed by atoms with Gasteiger partial charge in [0.25, 0.3) is 0 Å². The number of nitrogens with two attached hydrogens (primary N) is 1. The molecule has 0 unspecified atom stereocenters. The van der Waals surface area contributed by atoms with Crippen molar-refractivity contribution in [2.75, 3.05) is 31.3 Å². The fraction of sp³-hybridized carbons (Fsp3) is 0.400. The van der Waals surface area contributed by atoms with Crippen LogP contribution in [0, 0.1) is 11.8 Å². The van der Waals surface area contributed by atoms with Crippen molar-refractivity contribution in [3.8, 4) is 17.6 Å². The van der Waals surface area contributed by atoms with E-state index in [0.717, 1.165) is 17.1 Å². The monoisotopic (exact) mass is 293 g/mol. The van der Waals surface area contributed by atoms with E-state index < -0.39 is 0 Å². The molecule has 0 heterocycles. The second-order valence-corrected chi connectivity index (χ2v) is 4.84. The molecule has 0 aliphatic heterocycles. The maximum Gasteiger partial charge on any atom is 0.315 e. The van der Waals surface area contributed by atoms with Crippen LogP contribution >= 0.6 is 11.8 Å². The Balaban J connectivity index is 2.26. The summed E-state index contributed by atoms with van der Waals surface area (Å²) in [4.78, 5) is 11.1. The maximum atomic E-state index is 11.1. The number of ether oxygens (including phenoxy) is 2. The van der Waals surface area contributed by atoms with Gasteiger partial charge in [-0.3, -0.25) is 4.79 Å². The Bertz CT molecular complexity index is 479. The van der Waals surface area contributed by atoms with Gasteiger partial charge >= 0.3 is 5.97 Å². The first-order chi connectivity index (χ1) is 9.76. The smallest absolute Gasteiger partial charge is 0.315 e. The Morgan fingerprint density at radius 1 is 1.45 bits per heavy atom. The maximum absolute atomic E-state index is 11.1. The summed E-state index contributed by atoms with van der Waals surface area (Å²) in [6, 6.07) is 7.55. The van der Waals surface area contributed by atoms with Crippen molar-refractivity contribution in [1.82, 2.24) is 0 Å². The predicted octanol–water partition coefficient (Wildman–Crippen LogP) is 1.67. The third-order valence-corrected chi connectivity index (χ3v) is 3.09. The number of hydrogen-bond acceptors (Lipinski definition) is 5. The molecule has 0 atom stereocenters. The summed E-state index contributed by atoms with van der Waals surface area (Å²) in [5, 5.41) is 0. The number of rotatable bonds is 7. The van der Waals surface area contributed by atoms with Gasteiger partial charge in [-0.25, -0.2) is 0 Å². The van der Waals surface area contributed by atoms with Gasteiger partial charge in [-0.2, -0.15) is 0 Å². The predicted molar refractivity (Wildman–Crippen MR) is 81.8 cm³/mol. The summed E-state index contributed by atoms with van der Waals surface area (Å²) in [5.41, 5.74) is 6.21. The molecule has 0 fully saturated rings. The first kappa shape index (κ1) is 16.4. The molecule has 2 N–H and O–H groups in total. The van der Waals surface area contributed by atoms with E-state index in [9.17, 15) is 4.79 Å². The number of benzene rings is 1. The minimum absolute atomic E-state index is 0.184. The van der Waals surface area contributed by atoms with Crippen LogP contribution < -0.4 is 10.5 Å². The molecule has 0 amide bonds. The highest BCUT2D eigenvalue weighted by atomic mass is 32.2. The molecule has 0 saturated heterocycles. The van der Waals surface area contributed by atoms with Crippen molar-refractivity contribution in [2.45, 2.75) is 6.92 Å². The zero-order valence-corrected chi connectivity index (χ0v) is 12.4. The summed E-state index contributed by atoms with van der Waals surface area (Å²) in [7, 11) is 0. The summed E-state index contributed by atoms with van der Waals surface area (Å²) in [6.07, 6.45) is 0. The van der Waals surface area contributed by atoms with Crippen molar-refractivity contribution in [1.29, 1.82) is 0 Å². The Labute approximate surface area is 124 Å². The van der Waals surface area contributed by atoms with Crippen LogP contribution in [0.1, 0.15) is 12.5 Å². The van der Waals surface area contributed by atoms with Crippen LogP contribution in [0.25, 0.3) is 0 Å². The van der Waals surface area contributed by atoms with Gasteiger partial charge in [-0.1, -0.05) is 17.9 Å². The van der Waals surface area contributed by atoms with Crippen LogP contribution in [0.4, 0.5) is 0 Å². The molecule has 0 aromatic heterocycles. The van der Waals surface area contributed by atoms with Gasteiger partial charge in [0.1, 0.15) is 5.75 Å². The lowest BCUT2D eigenvalue weighted by Crippen LogP contribution is -2.09. The van der Waals surface area contributed by atoms with Crippen LogP contribution in [-0.2, 0) is 9.53 Å². The van der Waals surface area contributed by atoms with E-state index in [0.29, 0.717) is 25.5 Å². The van der Waals surface area contributed by atoms with E-state index in [1.54, 1.807) is 6.92 Å². The molecule has 0 spiro atoms. The molecule has 0 saturated carbocycles. The molecule has 0 bridgehead atoms.